The van der Waals surface area contributed by atoms with Crippen LogP contribution in [-0.2, 0) is 19.1 Å². The van der Waals surface area contributed by atoms with Crippen molar-refractivity contribution in [2.45, 2.75) is 45.6 Å². The lowest BCUT2D eigenvalue weighted by Gasteiger charge is -2.26. The maximum absolute atomic E-state index is 13.4. The van der Waals surface area contributed by atoms with Crippen LogP contribution in [0.15, 0.2) is 41.0 Å². The van der Waals surface area contributed by atoms with Gasteiger partial charge in [-0.15, -0.1) is 0 Å². The van der Waals surface area contributed by atoms with E-state index < -0.39 is 17.9 Å². The predicted molar refractivity (Wildman–Crippen MR) is 108 cm³/mol. The molecule has 0 spiro atoms. The van der Waals surface area contributed by atoms with E-state index in [1.807, 2.05) is 27.7 Å². The standard InChI is InChI=1S/C22H22ClNO4/c1-11(2)16-8-14(23)9-17(12(3)4)19(16)24-21(26)15-7-6-13(10-25)20(28-5)18(15)22(24)27/h6-9,11-12,20H,1-5H3. The molecule has 0 aromatic heterocycles. The van der Waals surface area contributed by atoms with E-state index in [1.165, 1.54) is 24.2 Å². The summed E-state index contributed by atoms with van der Waals surface area (Å²) in [4.78, 5) is 39.1. The molecule has 146 valence electrons. The molecule has 2 amide bonds. The Labute approximate surface area is 169 Å². The summed E-state index contributed by atoms with van der Waals surface area (Å²) in [5.74, 6) is 0.987. The largest absolute Gasteiger partial charge is 0.371 e. The summed E-state index contributed by atoms with van der Waals surface area (Å²) in [6, 6.07) is 3.59. The van der Waals surface area contributed by atoms with Gasteiger partial charge in [0.2, 0.25) is 0 Å². The SMILES string of the molecule is COC1C(=C=O)C=CC2=C1C(=O)N(c1c(C(C)C)cc(Cl)cc1C(C)C)C2=O. The Bertz CT molecular complexity index is 951. The van der Waals surface area contributed by atoms with Crippen molar-refractivity contribution in [1.29, 1.82) is 0 Å². The molecular weight excluding hydrogens is 378 g/mol. The first-order chi connectivity index (χ1) is 13.2. The van der Waals surface area contributed by atoms with Crippen molar-refractivity contribution < 1.29 is 19.1 Å². The van der Waals surface area contributed by atoms with E-state index in [-0.39, 0.29) is 28.6 Å². The second kappa shape index (κ2) is 7.51. The van der Waals surface area contributed by atoms with Crippen LogP contribution in [-0.4, -0.2) is 31.0 Å². The Kier molecular flexibility index (Phi) is 5.44. The highest BCUT2D eigenvalue weighted by Gasteiger charge is 2.46. The van der Waals surface area contributed by atoms with Crippen LogP contribution in [0.4, 0.5) is 5.69 Å². The Morgan fingerprint density at radius 1 is 1.04 bits per heavy atom. The highest BCUT2D eigenvalue weighted by Crippen LogP contribution is 2.43. The smallest absolute Gasteiger partial charge is 0.265 e. The Balaban J connectivity index is 2.23. The maximum Gasteiger partial charge on any atom is 0.265 e. The van der Waals surface area contributed by atoms with Crippen molar-refractivity contribution in [3.8, 4) is 0 Å². The lowest BCUT2D eigenvalue weighted by Crippen LogP contribution is -2.35. The minimum atomic E-state index is -0.906. The number of carbonyl (C=O) groups is 2. The van der Waals surface area contributed by atoms with E-state index in [0.717, 1.165) is 11.1 Å². The summed E-state index contributed by atoms with van der Waals surface area (Å²) in [6.07, 6.45) is 2.06. The van der Waals surface area contributed by atoms with Crippen molar-refractivity contribution in [2.24, 2.45) is 0 Å². The third-order valence-corrected chi connectivity index (χ3v) is 5.30. The fourth-order valence-corrected chi connectivity index (χ4v) is 3.95. The van der Waals surface area contributed by atoms with E-state index in [0.29, 0.717) is 10.7 Å². The van der Waals surface area contributed by atoms with Crippen LogP contribution >= 0.6 is 11.6 Å². The van der Waals surface area contributed by atoms with E-state index in [1.54, 1.807) is 18.1 Å². The molecule has 0 saturated carbocycles. The molecule has 2 aliphatic rings. The van der Waals surface area contributed by atoms with Crippen molar-refractivity contribution in [2.75, 3.05) is 12.0 Å². The number of nitrogens with zero attached hydrogens (tertiary/aromatic N) is 1. The quantitative estimate of drug-likeness (QED) is 0.564. The minimum Gasteiger partial charge on any atom is -0.371 e. The first-order valence-electron chi connectivity index (χ1n) is 9.15. The normalized spacial score (nSPS) is 19.2. The van der Waals surface area contributed by atoms with Gasteiger partial charge in [0.05, 0.1) is 22.4 Å². The van der Waals surface area contributed by atoms with Gasteiger partial charge in [0.25, 0.3) is 11.8 Å². The van der Waals surface area contributed by atoms with Crippen molar-refractivity contribution >= 4 is 35.0 Å². The molecule has 0 saturated heterocycles. The minimum absolute atomic E-state index is 0.0450. The van der Waals surface area contributed by atoms with Crippen LogP contribution in [0, 0.1) is 0 Å². The predicted octanol–water partition coefficient (Wildman–Crippen LogP) is 4.10. The molecule has 1 unspecified atom stereocenters. The summed E-state index contributed by atoms with van der Waals surface area (Å²) < 4.78 is 5.36. The number of hydrogen-bond acceptors (Lipinski definition) is 4. The average molecular weight is 400 g/mol. The Morgan fingerprint density at radius 3 is 2.07 bits per heavy atom. The van der Waals surface area contributed by atoms with Gasteiger partial charge in [0.15, 0.2) is 0 Å². The molecule has 28 heavy (non-hydrogen) atoms. The Morgan fingerprint density at radius 2 is 1.61 bits per heavy atom. The van der Waals surface area contributed by atoms with Crippen molar-refractivity contribution in [1.82, 2.24) is 0 Å². The van der Waals surface area contributed by atoms with Gasteiger partial charge >= 0.3 is 0 Å². The number of hydrogen-bond donors (Lipinski definition) is 0. The number of carbonyl (C=O) groups excluding carboxylic acids is 3. The lowest BCUT2D eigenvalue weighted by atomic mass is 9.91. The zero-order valence-corrected chi connectivity index (χ0v) is 17.3. The fraction of sp³-hybridized carbons (Fsp3) is 0.364. The summed E-state index contributed by atoms with van der Waals surface area (Å²) in [5.41, 5.74) is 2.82. The van der Waals surface area contributed by atoms with Gasteiger partial charge in [-0.1, -0.05) is 39.3 Å². The number of rotatable bonds is 4. The zero-order valence-electron chi connectivity index (χ0n) is 16.5. The van der Waals surface area contributed by atoms with Crippen LogP contribution in [0.3, 0.4) is 0 Å². The Hall–Kier alpha value is -2.46. The third kappa shape index (κ3) is 3.06. The van der Waals surface area contributed by atoms with Gasteiger partial charge in [-0.3, -0.25) is 9.59 Å². The molecule has 0 bridgehead atoms. The zero-order chi connectivity index (χ0) is 20.7. The maximum atomic E-state index is 13.4. The van der Waals surface area contributed by atoms with Crippen molar-refractivity contribution in [3.63, 3.8) is 0 Å². The van der Waals surface area contributed by atoms with Gasteiger partial charge in [-0.25, -0.2) is 9.69 Å². The number of ether oxygens (including phenoxy) is 1. The topological polar surface area (TPSA) is 63.7 Å². The van der Waals surface area contributed by atoms with Gasteiger partial charge in [0, 0.05) is 12.1 Å². The van der Waals surface area contributed by atoms with Crippen LogP contribution in [0.2, 0.25) is 5.02 Å². The molecule has 6 heteroatoms. The van der Waals surface area contributed by atoms with Crippen LogP contribution < -0.4 is 4.90 Å². The van der Waals surface area contributed by atoms with Gasteiger partial charge < -0.3 is 4.74 Å². The summed E-state index contributed by atoms with van der Waals surface area (Å²) >= 11 is 6.32. The molecule has 1 aromatic carbocycles. The molecule has 5 nitrogen and oxygen atoms in total. The molecular formula is C22H22ClNO4. The van der Waals surface area contributed by atoms with Gasteiger partial charge in [-0.05, 0) is 47.2 Å². The summed E-state index contributed by atoms with van der Waals surface area (Å²) in [6.45, 7) is 7.96. The van der Waals surface area contributed by atoms with Crippen LogP contribution in [0.1, 0.15) is 50.7 Å². The summed E-state index contributed by atoms with van der Waals surface area (Å²) in [5, 5.41) is 0.564. The molecule has 0 fully saturated rings. The highest BCUT2D eigenvalue weighted by molar-refractivity contribution is 6.36. The van der Waals surface area contributed by atoms with Crippen molar-refractivity contribution in [3.05, 3.63) is 57.2 Å². The molecule has 1 atom stereocenters. The van der Waals surface area contributed by atoms with E-state index in [9.17, 15) is 14.4 Å². The monoisotopic (exact) mass is 399 g/mol. The number of methoxy groups -OCH3 is 1. The molecule has 3 rings (SSSR count). The molecule has 0 N–H and O–H groups in total. The summed E-state index contributed by atoms with van der Waals surface area (Å²) in [7, 11) is 1.40. The average Bonchev–Trinajstić information content (AvgIpc) is 2.90. The number of halogens is 1. The fourth-order valence-electron chi connectivity index (χ4n) is 3.71. The van der Waals surface area contributed by atoms with E-state index >= 15 is 0 Å². The lowest BCUT2D eigenvalue weighted by molar-refractivity contribution is -0.120. The molecule has 1 aliphatic heterocycles. The number of benzene rings is 1. The van der Waals surface area contributed by atoms with Gasteiger partial charge in [-0.2, -0.15) is 0 Å². The molecule has 1 aromatic rings. The van der Waals surface area contributed by atoms with E-state index in [4.69, 9.17) is 16.3 Å². The van der Waals surface area contributed by atoms with Crippen LogP contribution in [0.25, 0.3) is 0 Å². The van der Waals surface area contributed by atoms with Gasteiger partial charge in [0.1, 0.15) is 12.0 Å². The molecule has 1 aliphatic carbocycles. The highest BCUT2D eigenvalue weighted by atomic mass is 35.5. The second-order valence-corrected chi connectivity index (χ2v) is 7.96. The molecule has 0 radical (unpaired) electrons. The second-order valence-electron chi connectivity index (χ2n) is 7.52. The number of amides is 2. The first kappa shape index (κ1) is 20.3. The number of imide groups is 1. The van der Waals surface area contributed by atoms with Crippen LogP contribution in [0.5, 0.6) is 0 Å². The van der Waals surface area contributed by atoms with E-state index in [2.05, 4.69) is 0 Å². The third-order valence-electron chi connectivity index (χ3n) is 5.09. The molecule has 1 heterocycles. The first-order valence-corrected chi connectivity index (χ1v) is 9.52. The number of anilines is 1.